The van der Waals surface area contributed by atoms with Crippen molar-refractivity contribution >= 4 is 5.91 Å². The first-order chi connectivity index (χ1) is 11.1. The average Bonchev–Trinajstić information content (AvgIpc) is 2.90. The van der Waals surface area contributed by atoms with Gasteiger partial charge in [-0.15, -0.1) is 0 Å². The molecular weight excluding hydrogens is 290 g/mol. The fourth-order valence-corrected chi connectivity index (χ4v) is 4.10. The Labute approximate surface area is 136 Å². The van der Waals surface area contributed by atoms with Crippen molar-refractivity contribution in [2.45, 2.75) is 45.1 Å². The van der Waals surface area contributed by atoms with Crippen LogP contribution in [-0.4, -0.2) is 27.1 Å². The van der Waals surface area contributed by atoms with Gasteiger partial charge in [0.15, 0.2) is 0 Å². The lowest BCUT2D eigenvalue weighted by atomic mass is 10.0. The number of hydrogen-bond acceptors (Lipinski definition) is 3. The SMILES string of the molecule is Cc1nn(C)c(C)c1[C@@H]1CCCN1C(=O)[C@H]1C[C@@H]1c1ccco1. The highest BCUT2D eigenvalue weighted by molar-refractivity contribution is 5.83. The maximum absolute atomic E-state index is 13.0. The zero-order valence-electron chi connectivity index (χ0n) is 14.0. The van der Waals surface area contributed by atoms with Gasteiger partial charge in [0, 0.05) is 36.7 Å². The van der Waals surface area contributed by atoms with E-state index in [2.05, 4.69) is 16.9 Å². The van der Waals surface area contributed by atoms with E-state index in [4.69, 9.17) is 4.42 Å². The third kappa shape index (κ3) is 2.30. The molecule has 2 fully saturated rings. The van der Waals surface area contributed by atoms with E-state index in [9.17, 15) is 4.79 Å². The number of furan rings is 1. The zero-order chi connectivity index (χ0) is 16.1. The normalized spacial score (nSPS) is 26.7. The molecule has 1 aliphatic heterocycles. The summed E-state index contributed by atoms with van der Waals surface area (Å²) in [4.78, 5) is 15.1. The molecule has 0 bridgehead atoms. The summed E-state index contributed by atoms with van der Waals surface area (Å²) in [6, 6.07) is 4.07. The highest BCUT2D eigenvalue weighted by atomic mass is 16.3. The predicted octanol–water partition coefficient (Wildman–Crippen LogP) is 3.10. The molecule has 2 aromatic rings. The fraction of sp³-hybridized carbons (Fsp3) is 0.556. The summed E-state index contributed by atoms with van der Waals surface area (Å²) in [5.74, 6) is 1.61. The zero-order valence-corrected chi connectivity index (χ0v) is 14.0. The van der Waals surface area contributed by atoms with E-state index in [0.717, 1.165) is 37.3 Å². The van der Waals surface area contributed by atoms with Crippen LogP contribution >= 0.6 is 0 Å². The average molecular weight is 313 g/mol. The first kappa shape index (κ1) is 14.5. The van der Waals surface area contributed by atoms with Gasteiger partial charge in [-0.25, -0.2) is 0 Å². The molecule has 5 nitrogen and oxygen atoms in total. The Kier molecular flexibility index (Phi) is 3.32. The third-order valence-electron chi connectivity index (χ3n) is 5.45. The summed E-state index contributed by atoms with van der Waals surface area (Å²) in [6.07, 6.45) is 4.72. The maximum atomic E-state index is 13.0. The molecule has 5 heteroatoms. The molecule has 122 valence electrons. The van der Waals surface area contributed by atoms with Crippen LogP contribution in [0.2, 0.25) is 0 Å². The third-order valence-corrected chi connectivity index (χ3v) is 5.45. The molecule has 0 unspecified atom stereocenters. The van der Waals surface area contributed by atoms with E-state index < -0.39 is 0 Å². The van der Waals surface area contributed by atoms with E-state index >= 15 is 0 Å². The van der Waals surface area contributed by atoms with Crippen LogP contribution in [-0.2, 0) is 11.8 Å². The van der Waals surface area contributed by atoms with Crippen LogP contribution in [0.4, 0.5) is 0 Å². The topological polar surface area (TPSA) is 51.3 Å². The van der Waals surface area contributed by atoms with Gasteiger partial charge in [0.1, 0.15) is 5.76 Å². The van der Waals surface area contributed by atoms with E-state index in [1.807, 2.05) is 30.8 Å². The van der Waals surface area contributed by atoms with Gasteiger partial charge in [0.05, 0.1) is 18.0 Å². The van der Waals surface area contributed by atoms with Crippen LogP contribution in [0.3, 0.4) is 0 Å². The molecule has 4 rings (SSSR count). The van der Waals surface area contributed by atoms with Crippen LogP contribution in [0.25, 0.3) is 0 Å². The molecule has 2 aliphatic rings. The van der Waals surface area contributed by atoms with E-state index in [0.29, 0.717) is 0 Å². The Morgan fingerprint density at radius 2 is 2.22 bits per heavy atom. The minimum atomic E-state index is 0.0963. The van der Waals surface area contributed by atoms with Crippen molar-refractivity contribution in [1.29, 1.82) is 0 Å². The summed E-state index contributed by atoms with van der Waals surface area (Å²) >= 11 is 0. The van der Waals surface area contributed by atoms with Crippen LogP contribution in [0.15, 0.2) is 22.8 Å². The van der Waals surface area contributed by atoms with Crippen molar-refractivity contribution in [3.05, 3.63) is 41.1 Å². The molecular formula is C18H23N3O2. The smallest absolute Gasteiger partial charge is 0.226 e. The van der Waals surface area contributed by atoms with E-state index in [1.165, 1.54) is 11.3 Å². The number of carbonyl (C=O) groups excluding carboxylic acids is 1. The summed E-state index contributed by atoms with van der Waals surface area (Å²) in [5.41, 5.74) is 3.47. The second-order valence-corrected chi connectivity index (χ2v) is 6.86. The molecule has 1 amide bonds. The molecule has 1 saturated heterocycles. The monoisotopic (exact) mass is 313 g/mol. The summed E-state index contributed by atoms with van der Waals surface area (Å²) in [7, 11) is 1.97. The minimum absolute atomic E-state index is 0.0963. The lowest BCUT2D eigenvalue weighted by molar-refractivity contribution is -0.133. The Morgan fingerprint density at radius 1 is 1.39 bits per heavy atom. The number of hydrogen-bond donors (Lipinski definition) is 0. The number of aryl methyl sites for hydroxylation is 2. The van der Waals surface area contributed by atoms with Crippen molar-refractivity contribution in [2.24, 2.45) is 13.0 Å². The van der Waals surface area contributed by atoms with Gasteiger partial charge < -0.3 is 9.32 Å². The van der Waals surface area contributed by atoms with Crippen LogP contribution in [0.1, 0.15) is 53.9 Å². The molecule has 3 heterocycles. The van der Waals surface area contributed by atoms with Crippen molar-refractivity contribution in [2.75, 3.05) is 6.54 Å². The van der Waals surface area contributed by atoms with Crippen LogP contribution in [0, 0.1) is 19.8 Å². The molecule has 2 aromatic heterocycles. The van der Waals surface area contributed by atoms with Gasteiger partial charge in [-0.05, 0) is 45.2 Å². The molecule has 0 spiro atoms. The summed E-state index contributed by atoms with van der Waals surface area (Å²) < 4.78 is 7.39. The van der Waals surface area contributed by atoms with Crippen molar-refractivity contribution in [1.82, 2.24) is 14.7 Å². The second kappa shape index (κ2) is 5.25. The Balaban J connectivity index is 1.55. The van der Waals surface area contributed by atoms with Crippen LogP contribution < -0.4 is 0 Å². The van der Waals surface area contributed by atoms with Gasteiger partial charge in [-0.2, -0.15) is 5.10 Å². The molecule has 0 radical (unpaired) electrons. The molecule has 3 atom stereocenters. The number of carbonyl (C=O) groups is 1. The highest BCUT2D eigenvalue weighted by Crippen LogP contribution is 2.50. The van der Waals surface area contributed by atoms with E-state index in [1.54, 1.807) is 6.26 Å². The number of amides is 1. The van der Waals surface area contributed by atoms with Gasteiger partial charge >= 0.3 is 0 Å². The first-order valence-electron chi connectivity index (χ1n) is 8.42. The lowest BCUT2D eigenvalue weighted by Crippen LogP contribution is -2.32. The Bertz CT molecular complexity index is 732. The van der Waals surface area contributed by atoms with Crippen molar-refractivity contribution in [3.8, 4) is 0 Å². The summed E-state index contributed by atoms with van der Waals surface area (Å²) in [5, 5.41) is 4.53. The van der Waals surface area contributed by atoms with Gasteiger partial charge in [0.25, 0.3) is 0 Å². The van der Waals surface area contributed by atoms with Gasteiger partial charge in [-0.3, -0.25) is 9.48 Å². The van der Waals surface area contributed by atoms with Crippen LogP contribution in [0.5, 0.6) is 0 Å². The fourth-order valence-electron chi connectivity index (χ4n) is 4.10. The largest absolute Gasteiger partial charge is 0.469 e. The van der Waals surface area contributed by atoms with Crippen molar-refractivity contribution < 1.29 is 9.21 Å². The number of rotatable bonds is 3. The highest BCUT2D eigenvalue weighted by Gasteiger charge is 2.49. The van der Waals surface area contributed by atoms with E-state index in [-0.39, 0.29) is 23.8 Å². The quantitative estimate of drug-likeness (QED) is 0.875. The standard InChI is InChI=1S/C18H23N3O2/c1-11-17(12(2)20(3)19-11)15-6-4-8-21(15)18(22)14-10-13(14)16-7-5-9-23-16/h5,7,9,13-15H,4,6,8,10H2,1-3H3/t13-,14-,15-/m0/s1. The van der Waals surface area contributed by atoms with Crippen molar-refractivity contribution in [3.63, 3.8) is 0 Å². The summed E-state index contributed by atoms with van der Waals surface area (Å²) in [6.45, 7) is 5.00. The minimum Gasteiger partial charge on any atom is -0.469 e. The molecule has 1 aliphatic carbocycles. The number of likely N-dealkylation sites (tertiary alicyclic amines) is 1. The maximum Gasteiger partial charge on any atom is 0.226 e. The van der Waals surface area contributed by atoms with Gasteiger partial charge in [0.2, 0.25) is 5.91 Å². The van der Waals surface area contributed by atoms with Gasteiger partial charge in [-0.1, -0.05) is 0 Å². The Morgan fingerprint density at radius 3 is 2.87 bits per heavy atom. The molecule has 0 N–H and O–H groups in total. The first-order valence-corrected chi connectivity index (χ1v) is 8.42. The molecule has 23 heavy (non-hydrogen) atoms. The predicted molar refractivity (Wildman–Crippen MR) is 85.9 cm³/mol. The molecule has 1 saturated carbocycles. The second-order valence-electron chi connectivity index (χ2n) is 6.86. The molecule has 0 aromatic carbocycles. The number of aromatic nitrogens is 2. The lowest BCUT2D eigenvalue weighted by Gasteiger charge is -2.25. The number of nitrogens with zero attached hydrogens (tertiary/aromatic N) is 3. The Hall–Kier alpha value is -2.04.